The fourth-order valence-corrected chi connectivity index (χ4v) is 4.53. The molecule has 0 saturated heterocycles. The Labute approximate surface area is 209 Å². The molecule has 4 heterocycles. The molecule has 0 aliphatic carbocycles. The number of aromatic amines is 1. The van der Waals surface area contributed by atoms with E-state index in [1.807, 2.05) is 29.2 Å². The number of hydrogen-bond acceptors (Lipinski definition) is 6. The Bertz CT molecular complexity index is 1390. The number of nitrogens with zero attached hydrogens (tertiary/aromatic N) is 5. The molecule has 0 atom stereocenters. The van der Waals surface area contributed by atoms with Crippen LogP contribution >= 0.6 is 0 Å². The fourth-order valence-electron chi connectivity index (χ4n) is 4.53. The standard InChI is InChI=1S/C26H30N6O4/c1-26(2,3)32-24(30-9-7-8-10-30)17-14-31(15-20(17)29-32)25(33)19-13-18(27-28-19)16-11-21(34-4)23(36-6)22(12-16)35-5/h7-13H,14-15H2,1-6H3,(H,27,28). The molecule has 1 N–H and O–H groups in total. The molecular formula is C26H30N6O4. The first-order valence-corrected chi connectivity index (χ1v) is 11.6. The maximum Gasteiger partial charge on any atom is 0.272 e. The highest BCUT2D eigenvalue weighted by Gasteiger charge is 2.34. The van der Waals surface area contributed by atoms with Crippen molar-refractivity contribution in [3.8, 4) is 34.3 Å². The number of H-pyrrole nitrogens is 1. The lowest BCUT2D eigenvalue weighted by atomic mass is 10.1. The SMILES string of the molecule is COc1cc(-c2cc(C(=O)N3Cc4nn(C(C)(C)C)c(-n5cccc5)c4C3)[nH]n2)cc(OC)c1OC. The third-order valence-corrected chi connectivity index (χ3v) is 6.27. The molecule has 0 bridgehead atoms. The van der Waals surface area contributed by atoms with Crippen LogP contribution in [0.4, 0.5) is 0 Å². The van der Waals surface area contributed by atoms with Crippen LogP contribution in [0.1, 0.15) is 42.5 Å². The summed E-state index contributed by atoms with van der Waals surface area (Å²) < 4.78 is 20.4. The van der Waals surface area contributed by atoms with E-state index in [0.717, 1.165) is 22.6 Å². The van der Waals surface area contributed by atoms with Gasteiger partial charge in [0.2, 0.25) is 5.75 Å². The predicted molar refractivity (Wildman–Crippen MR) is 134 cm³/mol. The van der Waals surface area contributed by atoms with Crippen LogP contribution in [0.2, 0.25) is 0 Å². The van der Waals surface area contributed by atoms with Crippen molar-refractivity contribution in [2.75, 3.05) is 21.3 Å². The van der Waals surface area contributed by atoms with Gasteiger partial charge >= 0.3 is 0 Å². The van der Waals surface area contributed by atoms with E-state index >= 15 is 0 Å². The Morgan fingerprint density at radius 3 is 2.22 bits per heavy atom. The van der Waals surface area contributed by atoms with Crippen molar-refractivity contribution < 1.29 is 19.0 Å². The molecule has 0 unspecified atom stereocenters. The lowest BCUT2D eigenvalue weighted by Crippen LogP contribution is -2.29. The van der Waals surface area contributed by atoms with Crippen LogP contribution in [0.25, 0.3) is 17.1 Å². The van der Waals surface area contributed by atoms with Crippen molar-refractivity contribution in [3.05, 3.63) is 59.7 Å². The first-order chi connectivity index (χ1) is 17.2. The van der Waals surface area contributed by atoms with Crippen LogP contribution in [-0.4, -0.2) is 56.7 Å². The van der Waals surface area contributed by atoms with Crippen molar-refractivity contribution >= 4 is 5.91 Å². The Balaban J connectivity index is 1.43. The fraction of sp³-hybridized carbons (Fsp3) is 0.346. The highest BCUT2D eigenvalue weighted by molar-refractivity contribution is 5.94. The van der Waals surface area contributed by atoms with Gasteiger partial charge in [0.15, 0.2) is 11.5 Å². The summed E-state index contributed by atoms with van der Waals surface area (Å²) in [5, 5.41) is 12.2. The molecule has 36 heavy (non-hydrogen) atoms. The second-order valence-corrected chi connectivity index (χ2v) is 9.66. The first kappa shape index (κ1) is 23.5. The summed E-state index contributed by atoms with van der Waals surface area (Å²) in [6.45, 7) is 7.28. The Kier molecular flexibility index (Phi) is 5.74. The number of nitrogens with one attached hydrogen (secondary N) is 1. The van der Waals surface area contributed by atoms with Gasteiger partial charge in [-0.25, -0.2) is 4.68 Å². The lowest BCUT2D eigenvalue weighted by molar-refractivity contribution is 0.0742. The first-order valence-electron chi connectivity index (χ1n) is 11.6. The molecule has 188 valence electrons. The molecule has 10 nitrogen and oxygen atoms in total. The number of ether oxygens (including phenoxy) is 3. The van der Waals surface area contributed by atoms with Crippen LogP contribution in [0.5, 0.6) is 17.2 Å². The second kappa shape index (κ2) is 8.78. The van der Waals surface area contributed by atoms with Crippen LogP contribution < -0.4 is 14.2 Å². The van der Waals surface area contributed by atoms with Gasteiger partial charge in [-0.05, 0) is 51.1 Å². The zero-order chi connectivity index (χ0) is 25.6. The average Bonchev–Trinajstić information content (AvgIpc) is 3.65. The van der Waals surface area contributed by atoms with Gasteiger partial charge in [-0.2, -0.15) is 10.2 Å². The zero-order valence-corrected chi connectivity index (χ0v) is 21.3. The maximum absolute atomic E-state index is 13.4. The van der Waals surface area contributed by atoms with Gasteiger partial charge in [0.1, 0.15) is 11.5 Å². The largest absolute Gasteiger partial charge is 0.493 e. The molecule has 1 amide bonds. The molecule has 0 spiro atoms. The minimum atomic E-state index is -0.197. The van der Waals surface area contributed by atoms with E-state index in [2.05, 4.69) is 35.5 Å². The summed E-state index contributed by atoms with van der Waals surface area (Å²) >= 11 is 0. The van der Waals surface area contributed by atoms with Crippen LogP contribution in [0.15, 0.2) is 42.7 Å². The van der Waals surface area contributed by atoms with Gasteiger partial charge in [-0.3, -0.25) is 9.89 Å². The van der Waals surface area contributed by atoms with E-state index < -0.39 is 0 Å². The molecule has 1 aromatic carbocycles. The highest BCUT2D eigenvalue weighted by Crippen LogP contribution is 2.41. The molecule has 10 heteroatoms. The van der Waals surface area contributed by atoms with Crippen LogP contribution in [-0.2, 0) is 18.6 Å². The van der Waals surface area contributed by atoms with Crippen molar-refractivity contribution in [1.82, 2.24) is 29.4 Å². The normalized spacial score (nSPS) is 13.1. The molecule has 0 saturated carbocycles. The van der Waals surface area contributed by atoms with Gasteiger partial charge < -0.3 is 23.7 Å². The van der Waals surface area contributed by atoms with Gasteiger partial charge in [0, 0.05) is 23.5 Å². The third-order valence-electron chi connectivity index (χ3n) is 6.27. The van der Waals surface area contributed by atoms with Gasteiger partial charge in [-0.1, -0.05) is 0 Å². The number of hydrogen-bond donors (Lipinski definition) is 1. The number of benzene rings is 1. The molecule has 3 aromatic heterocycles. The average molecular weight is 491 g/mol. The van der Waals surface area contributed by atoms with E-state index in [-0.39, 0.29) is 11.4 Å². The van der Waals surface area contributed by atoms with E-state index in [1.165, 1.54) is 0 Å². The lowest BCUT2D eigenvalue weighted by Gasteiger charge is -2.24. The quantitative estimate of drug-likeness (QED) is 0.439. The molecule has 5 rings (SSSR count). The van der Waals surface area contributed by atoms with E-state index in [4.69, 9.17) is 19.3 Å². The third kappa shape index (κ3) is 3.88. The van der Waals surface area contributed by atoms with Crippen molar-refractivity contribution in [2.45, 2.75) is 39.4 Å². The molecular weight excluding hydrogens is 460 g/mol. The van der Waals surface area contributed by atoms with Crippen molar-refractivity contribution in [3.63, 3.8) is 0 Å². The maximum atomic E-state index is 13.4. The summed E-state index contributed by atoms with van der Waals surface area (Å²) in [6.07, 6.45) is 4.01. The Hall–Kier alpha value is -4.21. The van der Waals surface area contributed by atoms with Crippen molar-refractivity contribution in [2.24, 2.45) is 0 Å². The number of rotatable bonds is 6. The number of aromatic nitrogens is 5. The van der Waals surface area contributed by atoms with Crippen LogP contribution in [0, 0.1) is 0 Å². The minimum Gasteiger partial charge on any atom is -0.493 e. The summed E-state index contributed by atoms with van der Waals surface area (Å²) in [7, 11) is 4.68. The minimum absolute atomic E-state index is 0.139. The Morgan fingerprint density at radius 2 is 1.64 bits per heavy atom. The van der Waals surface area contributed by atoms with Gasteiger partial charge in [0.25, 0.3) is 5.91 Å². The summed E-state index contributed by atoms with van der Waals surface area (Å²) in [6, 6.07) is 9.31. The van der Waals surface area contributed by atoms with Gasteiger partial charge in [-0.15, -0.1) is 0 Å². The molecule has 0 radical (unpaired) electrons. The topological polar surface area (TPSA) is 99.4 Å². The zero-order valence-electron chi connectivity index (χ0n) is 21.3. The summed E-state index contributed by atoms with van der Waals surface area (Å²) in [4.78, 5) is 15.2. The summed E-state index contributed by atoms with van der Waals surface area (Å²) in [5.41, 5.74) is 3.50. The van der Waals surface area contributed by atoms with Crippen molar-refractivity contribution in [1.29, 1.82) is 0 Å². The number of methoxy groups -OCH3 is 3. The van der Waals surface area contributed by atoms with E-state index in [1.54, 1.807) is 44.4 Å². The molecule has 1 aliphatic heterocycles. The number of carbonyl (C=O) groups excluding carboxylic acids is 1. The predicted octanol–water partition coefficient (Wildman–Crippen LogP) is 4.00. The summed E-state index contributed by atoms with van der Waals surface area (Å²) in [5.74, 6) is 2.37. The van der Waals surface area contributed by atoms with Crippen LogP contribution in [0.3, 0.4) is 0 Å². The Morgan fingerprint density at radius 1 is 0.972 bits per heavy atom. The second-order valence-electron chi connectivity index (χ2n) is 9.66. The number of carbonyl (C=O) groups is 1. The van der Waals surface area contributed by atoms with E-state index in [0.29, 0.717) is 41.7 Å². The monoisotopic (exact) mass is 490 g/mol. The number of fused-ring (bicyclic) bond motifs is 1. The van der Waals surface area contributed by atoms with E-state index in [9.17, 15) is 4.79 Å². The highest BCUT2D eigenvalue weighted by atomic mass is 16.5. The smallest absolute Gasteiger partial charge is 0.272 e. The molecule has 4 aromatic rings. The number of amides is 1. The molecule has 0 fully saturated rings. The molecule has 1 aliphatic rings. The van der Waals surface area contributed by atoms with Gasteiger partial charge in [0.05, 0.1) is 51.3 Å².